The minimum Gasteiger partial charge on any atom is -0.441 e. The molecule has 1 aliphatic heterocycles. The van der Waals surface area contributed by atoms with E-state index in [1.165, 1.54) is 5.56 Å². The van der Waals surface area contributed by atoms with Gasteiger partial charge in [-0.05, 0) is 17.7 Å². The largest absolute Gasteiger partial charge is 0.441 e. The topological polar surface area (TPSA) is 47.3 Å². The van der Waals surface area contributed by atoms with E-state index in [4.69, 9.17) is 9.15 Å². The molecule has 2 aromatic rings. The molecule has 1 saturated heterocycles. The van der Waals surface area contributed by atoms with Crippen LogP contribution in [0.5, 0.6) is 0 Å². The average Bonchev–Trinajstić information content (AvgIpc) is 2.66. The highest BCUT2D eigenvalue weighted by Gasteiger charge is 2.40. The van der Waals surface area contributed by atoms with Gasteiger partial charge in [0, 0.05) is 19.5 Å². The summed E-state index contributed by atoms with van der Waals surface area (Å²) in [4.78, 5) is 4.34. The number of benzene rings is 1. The van der Waals surface area contributed by atoms with Crippen LogP contribution in [0.2, 0.25) is 0 Å². The summed E-state index contributed by atoms with van der Waals surface area (Å²) >= 11 is 0. The van der Waals surface area contributed by atoms with Gasteiger partial charge >= 0.3 is 0 Å². The Morgan fingerprint density at radius 1 is 1.37 bits per heavy atom. The van der Waals surface area contributed by atoms with Crippen LogP contribution in [0, 0.1) is 6.92 Å². The minimum atomic E-state index is 0.0825. The van der Waals surface area contributed by atoms with Gasteiger partial charge in [0.1, 0.15) is 5.52 Å². The molecule has 1 aromatic heterocycles. The molecule has 0 unspecified atom stereocenters. The third kappa shape index (κ3) is 2.26. The van der Waals surface area contributed by atoms with Crippen molar-refractivity contribution in [2.24, 2.45) is 0 Å². The van der Waals surface area contributed by atoms with Gasteiger partial charge in [0.05, 0.1) is 18.6 Å². The zero-order valence-corrected chi connectivity index (χ0v) is 11.7. The lowest BCUT2D eigenvalue weighted by Crippen LogP contribution is -2.54. The molecule has 0 amide bonds. The van der Waals surface area contributed by atoms with Crippen LogP contribution in [0.25, 0.3) is 11.1 Å². The Hall–Kier alpha value is -1.39. The van der Waals surface area contributed by atoms with Gasteiger partial charge in [0.15, 0.2) is 11.5 Å². The van der Waals surface area contributed by atoms with E-state index in [9.17, 15) is 0 Å². The second kappa shape index (κ2) is 4.62. The van der Waals surface area contributed by atoms with Gasteiger partial charge in [0.25, 0.3) is 0 Å². The molecule has 4 nitrogen and oxygen atoms in total. The molecule has 3 rings (SSSR count). The van der Waals surface area contributed by atoms with Crippen molar-refractivity contribution in [1.29, 1.82) is 0 Å². The second-order valence-electron chi connectivity index (χ2n) is 5.72. The number of fused-ring (bicyclic) bond motifs is 1. The highest BCUT2D eigenvalue weighted by atomic mass is 16.5. The molecule has 1 N–H and O–H groups in total. The van der Waals surface area contributed by atoms with Crippen molar-refractivity contribution in [1.82, 2.24) is 10.3 Å². The fourth-order valence-corrected chi connectivity index (χ4v) is 2.49. The molecule has 0 radical (unpaired) electrons. The van der Waals surface area contributed by atoms with Gasteiger partial charge in [-0.2, -0.15) is 0 Å². The van der Waals surface area contributed by atoms with Crippen molar-refractivity contribution in [3.63, 3.8) is 0 Å². The highest BCUT2D eigenvalue weighted by Crippen LogP contribution is 2.33. The Morgan fingerprint density at radius 3 is 2.79 bits per heavy atom. The van der Waals surface area contributed by atoms with Crippen molar-refractivity contribution in [2.75, 3.05) is 19.8 Å². The monoisotopic (exact) mass is 260 g/mol. The van der Waals surface area contributed by atoms with Crippen molar-refractivity contribution in [3.05, 3.63) is 29.7 Å². The zero-order chi connectivity index (χ0) is 13.5. The molecule has 0 bridgehead atoms. The molecule has 1 aromatic carbocycles. The lowest BCUT2D eigenvalue weighted by Gasteiger charge is -2.42. The molecule has 0 saturated carbocycles. The minimum absolute atomic E-state index is 0.0825. The molecule has 0 atom stereocenters. The van der Waals surface area contributed by atoms with Crippen LogP contribution in [-0.4, -0.2) is 30.8 Å². The van der Waals surface area contributed by atoms with Crippen LogP contribution in [0.3, 0.4) is 0 Å². The molecular formula is C15H20N2O2. The second-order valence-corrected chi connectivity index (χ2v) is 5.72. The summed E-state index contributed by atoms with van der Waals surface area (Å²) in [5.74, 6) is 0.714. The summed E-state index contributed by atoms with van der Waals surface area (Å²) in [5.41, 5.74) is 3.15. The number of aryl methyl sites for hydroxylation is 1. The van der Waals surface area contributed by atoms with Crippen molar-refractivity contribution >= 4 is 11.1 Å². The normalized spacial score (nSPS) is 17.9. The van der Waals surface area contributed by atoms with Crippen LogP contribution in [-0.2, 0) is 10.2 Å². The molecule has 0 spiro atoms. The highest BCUT2D eigenvalue weighted by molar-refractivity contribution is 5.73. The zero-order valence-electron chi connectivity index (χ0n) is 11.7. The maximum atomic E-state index is 5.63. The number of hydrogen-bond acceptors (Lipinski definition) is 4. The Bertz CT molecular complexity index is 585. The Balaban J connectivity index is 1.92. The van der Waals surface area contributed by atoms with Gasteiger partial charge in [-0.25, -0.2) is 4.98 Å². The fraction of sp³-hybridized carbons (Fsp3) is 0.533. The molecular weight excluding hydrogens is 240 g/mol. The average molecular weight is 260 g/mol. The van der Waals surface area contributed by atoms with E-state index < -0.39 is 0 Å². The molecule has 0 aliphatic carbocycles. The molecule has 4 heteroatoms. The summed E-state index contributed by atoms with van der Waals surface area (Å²) in [6.07, 6.45) is 0. The van der Waals surface area contributed by atoms with Gasteiger partial charge in [-0.15, -0.1) is 0 Å². The first kappa shape index (κ1) is 12.6. The van der Waals surface area contributed by atoms with Crippen molar-refractivity contribution in [3.8, 4) is 0 Å². The lowest BCUT2D eigenvalue weighted by atomic mass is 9.78. The van der Waals surface area contributed by atoms with Gasteiger partial charge in [-0.3, -0.25) is 0 Å². The van der Waals surface area contributed by atoms with Crippen LogP contribution in [0.4, 0.5) is 0 Å². The van der Waals surface area contributed by atoms with E-state index in [0.717, 1.165) is 30.9 Å². The Labute approximate surface area is 113 Å². The summed E-state index contributed by atoms with van der Waals surface area (Å²) in [5, 5.41) is 3.51. The SMILES string of the molecule is Cc1nc2ccc(C3(CNC(C)C)COC3)cc2o1. The number of nitrogens with one attached hydrogen (secondary N) is 1. The van der Waals surface area contributed by atoms with Crippen molar-refractivity contribution < 1.29 is 9.15 Å². The first-order valence-electron chi connectivity index (χ1n) is 6.78. The first-order chi connectivity index (χ1) is 9.09. The van der Waals surface area contributed by atoms with Crippen molar-refractivity contribution in [2.45, 2.75) is 32.2 Å². The van der Waals surface area contributed by atoms with Crippen LogP contribution < -0.4 is 5.32 Å². The number of ether oxygens (including phenoxy) is 1. The number of aromatic nitrogens is 1. The fourth-order valence-electron chi connectivity index (χ4n) is 2.49. The maximum absolute atomic E-state index is 5.63. The number of oxazole rings is 1. The summed E-state index contributed by atoms with van der Waals surface area (Å²) < 4.78 is 11.1. The van der Waals surface area contributed by atoms with E-state index >= 15 is 0 Å². The molecule has 102 valence electrons. The smallest absolute Gasteiger partial charge is 0.192 e. The number of hydrogen-bond donors (Lipinski definition) is 1. The molecule has 1 fully saturated rings. The predicted molar refractivity (Wildman–Crippen MR) is 74.4 cm³/mol. The van der Waals surface area contributed by atoms with Crippen LogP contribution in [0.15, 0.2) is 22.6 Å². The summed E-state index contributed by atoms with van der Waals surface area (Å²) in [6, 6.07) is 6.78. The standard InChI is InChI=1S/C15H20N2O2/c1-10(2)16-7-15(8-18-9-15)12-4-5-13-14(6-12)19-11(3)17-13/h4-6,10,16H,7-9H2,1-3H3. The predicted octanol–water partition coefficient (Wildman–Crippen LogP) is 2.40. The van der Waals surface area contributed by atoms with Gasteiger partial charge < -0.3 is 14.5 Å². The third-order valence-corrected chi connectivity index (χ3v) is 3.71. The molecule has 2 heterocycles. The maximum Gasteiger partial charge on any atom is 0.192 e. The van der Waals surface area contributed by atoms with Gasteiger partial charge in [-0.1, -0.05) is 19.9 Å². The van der Waals surface area contributed by atoms with E-state index in [-0.39, 0.29) is 5.41 Å². The van der Waals surface area contributed by atoms with Gasteiger partial charge in [0.2, 0.25) is 0 Å². The van der Waals surface area contributed by atoms with E-state index in [1.54, 1.807) is 0 Å². The van der Waals surface area contributed by atoms with E-state index in [0.29, 0.717) is 11.9 Å². The number of nitrogens with zero attached hydrogens (tertiary/aromatic N) is 1. The Kier molecular flexibility index (Phi) is 3.07. The number of rotatable bonds is 4. The first-order valence-corrected chi connectivity index (χ1v) is 6.78. The lowest BCUT2D eigenvalue weighted by molar-refractivity contribution is -0.0596. The van der Waals surface area contributed by atoms with E-state index in [1.807, 2.05) is 13.0 Å². The summed E-state index contributed by atoms with van der Waals surface area (Å²) in [7, 11) is 0. The Morgan fingerprint density at radius 2 is 2.16 bits per heavy atom. The molecule has 19 heavy (non-hydrogen) atoms. The summed E-state index contributed by atoms with van der Waals surface area (Å²) in [6.45, 7) is 8.68. The van der Waals surface area contributed by atoms with E-state index in [2.05, 4.69) is 36.3 Å². The quantitative estimate of drug-likeness (QED) is 0.917. The van der Waals surface area contributed by atoms with Crippen LogP contribution in [0.1, 0.15) is 25.3 Å². The van der Waals surface area contributed by atoms with Crippen LogP contribution >= 0.6 is 0 Å². The molecule has 1 aliphatic rings. The third-order valence-electron chi connectivity index (χ3n) is 3.71.